The zero-order valence-electron chi connectivity index (χ0n) is 9.89. The maximum Gasteiger partial charge on any atom is 0.229 e. The van der Waals surface area contributed by atoms with Gasteiger partial charge in [-0.1, -0.05) is 11.6 Å². The van der Waals surface area contributed by atoms with Crippen LogP contribution < -0.4 is 4.74 Å². The SMILES string of the molecule is OCC1OC(Oc2ccc(Cl)cc2)C(O)C(O)C1O. The molecule has 2 rings (SSSR count). The average molecular weight is 291 g/mol. The van der Waals surface area contributed by atoms with Crippen molar-refractivity contribution in [2.45, 2.75) is 30.7 Å². The summed E-state index contributed by atoms with van der Waals surface area (Å²) < 4.78 is 10.6. The van der Waals surface area contributed by atoms with Gasteiger partial charge in [0.05, 0.1) is 6.61 Å². The number of hydrogen-bond donors (Lipinski definition) is 4. The summed E-state index contributed by atoms with van der Waals surface area (Å²) in [6, 6.07) is 6.34. The zero-order chi connectivity index (χ0) is 14.0. The maximum atomic E-state index is 9.77. The minimum Gasteiger partial charge on any atom is -0.462 e. The van der Waals surface area contributed by atoms with E-state index in [4.69, 9.17) is 26.2 Å². The Kier molecular flexibility index (Phi) is 4.62. The van der Waals surface area contributed by atoms with Crippen LogP contribution in [0.5, 0.6) is 5.75 Å². The molecule has 0 spiro atoms. The van der Waals surface area contributed by atoms with E-state index in [0.717, 1.165) is 0 Å². The molecule has 0 bridgehead atoms. The number of halogens is 1. The second-order valence-electron chi connectivity index (χ2n) is 4.27. The van der Waals surface area contributed by atoms with Gasteiger partial charge in [-0.3, -0.25) is 0 Å². The van der Waals surface area contributed by atoms with Crippen LogP contribution >= 0.6 is 11.6 Å². The lowest BCUT2D eigenvalue weighted by molar-refractivity contribution is -0.277. The van der Waals surface area contributed by atoms with Crippen LogP contribution in [-0.2, 0) is 4.74 Å². The fourth-order valence-corrected chi connectivity index (χ4v) is 1.94. The molecule has 1 aromatic carbocycles. The highest BCUT2D eigenvalue weighted by molar-refractivity contribution is 6.30. The first-order valence-electron chi connectivity index (χ1n) is 5.75. The lowest BCUT2D eigenvalue weighted by Gasteiger charge is -2.39. The van der Waals surface area contributed by atoms with Crippen molar-refractivity contribution in [1.29, 1.82) is 0 Å². The summed E-state index contributed by atoms with van der Waals surface area (Å²) in [5.41, 5.74) is 0. The van der Waals surface area contributed by atoms with E-state index in [1.54, 1.807) is 24.3 Å². The second-order valence-corrected chi connectivity index (χ2v) is 4.71. The van der Waals surface area contributed by atoms with Crippen molar-refractivity contribution in [3.8, 4) is 5.75 Å². The standard InChI is InChI=1S/C12H15ClO6/c13-6-1-3-7(4-2-6)18-12-11(17)10(16)9(15)8(5-14)19-12/h1-4,8-12,14-17H,5H2. The first kappa shape index (κ1) is 14.5. The van der Waals surface area contributed by atoms with Crippen LogP contribution in [0.15, 0.2) is 24.3 Å². The quantitative estimate of drug-likeness (QED) is 0.600. The van der Waals surface area contributed by atoms with E-state index in [1.807, 2.05) is 0 Å². The van der Waals surface area contributed by atoms with Gasteiger partial charge in [-0.15, -0.1) is 0 Å². The normalized spacial score (nSPS) is 35.1. The third-order valence-electron chi connectivity index (χ3n) is 2.91. The Morgan fingerprint density at radius 3 is 2.26 bits per heavy atom. The molecule has 0 saturated carbocycles. The molecule has 1 aromatic rings. The Bertz CT molecular complexity index is 409. The molecule has 0 aromatic heterocycles. The minimum absolute atomic E-state index is 0.383. The predicted molar refractivity (Wildman–Crippen MR) is 65.8 cm³/mol. The Labute approximate surface area is 114 Å². The van der Waals surface area contributed by atoms with Crippen LogP contribution in [0.3, 0.4) is 0 Å². The van der Waals surface area contributed by atoms with Crippen molar-refractivity contribution in [2.75, 3.05) is 6.61 Å². The molecule has 19 heavy (non-hydrogen) atoms. The van der Waals surface area contributed by atoms with Gasteiger partial charge in [-0.05, 0) is 24.3 Å². The fraction of sp³-hybridized carbons (Fsp3) is 0.500. The predicted octanol–water partition coefficient (Wildman–Crippen LogP) is -0.481. The third-order valence-corrected chi connectivity index (χ3v) is 3.17. The molecule has 6 nitrogen and oxygen atoms in total. The molecule has 7 heteroatoms. The van der Waals surface area contributed by atoms with E-state index in [0.29, 0.717) is 10.8 Å². The fourth-order valence-electron chi connectivity index (χ4n) is 1.81. The molecule has 4 N–H and O–H groups in total. The smallest absolute Gasteiger partial charge is 0.229 e. The number of aliphatic hydroxyl groups is 4. The van der Waals surface area contributed by atoms with Crippen molar-refractivity contribution in [3.63, 3.8) is 0 Å². The maximum absolute atomic E-state index is 9.77. The van der Waals surface area contributed by atoms with Crippen molar-refractivity contribution in [1.82, 2.24) is 0 Å². The first-order valence-corrected chi connectivity index (χ1v) is 6.13. The molecule has 5 unspecified atom stereocenters. The highest BCUT2D eigenvalue weighted by Gasteiger charge is 2.44. The summed E-state index contributed by atoms with van der Waals surface area (Å²) in [4.78, 5) is 0. The van der Waals surface area contributed by atoms with Gasteiger partial charge in [0.2, 0.25) is 6.29 Å². The Morgan fingerprint density at radius 1 is 1.05 bits per heavy atom. The van der Waals surface area contributed by atoms with E-state index < -0.39 is 37.3 Å². The third kappa shape index (κ3) is 3.17. The van der Waals surface area contributed by atoms with E-state index in [1.165, 1.54) is 0 Å². The minimum atomic E-state index is -1.46. The highest BCUT2D eigenvalue weighted by atomic mass is 35.5. The van der Waals surface area contributed by atoms with Gasteiger partial charge in [0.25, 0.3) is 0 Å². The number of benzene rings is 1. The molecular weight excluding hydrogens is 276 g/mol. The van der Waals surface area contributed by atoms with Crippen LogP contribution in [0.2, 0.25) is 5.02 Å². The second kappa shape index (κ2) is 6.04. The average Bonchev–Trinajstić information content (AvgIpc) is 2.42. The molecule has 5 atom stereocenters. The van der Waals surface area contributed by atoms with Crippen LogP contribution in [0.25, 0.3) is 0 Å². The largest absolute Gasteiger partial charge is 0.462 e. The van der Waals surface area contributed by atoms with E-state index in [9.17, 15) is 15.3 Å². The van der Waals surface area contributed by atoms with Gasteiger partial charge in [0.15, 0.2) is 0 Å². The van der Waals surface area contributed by atoms with E-state index >= 15 is 0 Å². The molecule has 1 heterocycles. The van der Waals surface area contributed by atoms with Crippen LogP contribution in [0, 0.1) is 0 Å². The lowest BCUT2D eigenvalue weighted by atomic mass is 9.99. The van der Waals surface area contributed by atoms with Crippen molar-refractivity contribution >= 4 is 11.6 Å². The summed E-state index contributed by atoms with van der Waals surface area (Å²) in [5, 5.41) is 38.5. The first-order chi connectivity index (χ1) is 9.02. The molecule has 1 saturated heterocycles. The summed E-state index contributed by atoms with van der Waals surface area (Å²) in [5.74, 6) is 0.383. The van der Waals surface area contributed by atoms with Gasteiger partial charge in [-0.25, -0.2) is 0 Å². The molecule has 1 aliphatic rings. The molecule has 0 aliphatic carbocycles. The van der Waals surface area contributed by atoms with Crippen LogP contribution in [0.1, 0.15) is 0 Å². The van der Waals surface area contributed by atoms with Gasteiger partial charge in [0.1, 0.15) is 30.2 Å². The topological polar surface area (TPSA) is 99.4 Å². The molecular formula is C12H15ClO6. The van der Waals surface area contributed by atoms with Crippen molar-refractivity contribution in [3.05, 3.63) is 29.3 Å². The molecule has 0 amide bonds. The summed E-state index contributed by atoms with van der Waals surface area (Å²) in [7, 11) is 0. The Balaban J connectivity index is 2.08. The number of aliphatic hydroxyl groups excluding tert-OH is 4. The van der Waals surface area contributed by atoms with Crippen LogP contribution in [-0.4, -0.2) is 57.7 Å². The van der Waals surface area contributed by atoms with Crippen molar-refractivity contribution in [2.24, 2.45) is 0 Å². The number of hydrogen-bond acceptors (Lipinski definition) is 6. The summed E-state index contributed by atoms with van der Waals surface area (Å²) >= 11 is 5.73. The van der Waals surface area contributed by atoms with E-state index in [2.05, 4.69) is 0 Å². The molecule has 1 fully saturated rings. The number of rotatable bonds is 3. The van der Waals surface area contributed by atoms with Gasteiger partial charge in [0, 0.05) is 5.02 Å². The zero-order valence-corrected chi connectivity index (χ0v) is 10.6. The van der Waals surface area contributed by atoms with Gasteiger partial charge in [-0.2, -0.15) is 0 Å². The van der Waals surface area contributed by atoms with Gasteiger partial charge < -0.3 is 29.9 Å². The van der Waals surface area contributed by atoms with Crippen LogP contribution in [0.4, 0.5) is 0 Å². The van der Waals surface area contributed by atoms with E-state index in [-0.39, 0.29) is 0 Å². The number of ether oxygens (including phenoxy) is 2. The molecule has 1 aliphatic heterocycles. The lowest BCUT2D eigenvalue weighted by Crippen LogP contribution is -2.60. The highest BCUT2D eigenvalue weighted by Crippen LogP contribution is 2.24. The van der Waals surface area contributed by atoms with Gasteiger partial charge >= 0.3 is 0 Å². The summed E-state index contributed by atoms with van der Waals surface area (Å²) in [6.07, 6.45) is -6.45. The molecule has 106 valence electrons. The summed E-state index contributed by atoms with van der Waals surface area (Å²) in [6.45, 7) is -0.495. The Morgan fingerprint density at radius 2 is 1.68 bits per heavy atom. The monoisotopic (exact) mass is 290 g/mol. The Hall–Kier alpha value is -0.890. The molecule has 0 radical (unpaired) electrons. The van der Waals surface area contributed by atoms with Crippen molar-refractivity contribution < 1.29 is 29.9 Å².